The fraction of sp³-hybridized carbons (Fsp3) is 0.188. The molecule has 0 aliphatic rings. The quantitative estimate of drug-likeness (QED) is 0.683. The molecule has 25 heavy (non-hydrogen) atoms. The molecule has 2 N–H and O–H groups in total. The summed E-state index contributed by atoms with van der Waals surface area (Å²) in [6.07, 6.45) is -0.0560. The van der Waals surface area contributed by atoms with Gasteiger partial charge >= 0.3 is 0 Å². The van der Waals surface area contributed by atoms with Crippen LogP contribution in [-0.2, 0) is 14.8 Å². The van der Waals surface area contributed by atoms with Gasteiger partial charge in [0.25, 0.3) is 5.76 Å². The van der Waals surface area contributed by atoms with Gasteiger partial charge in [-0.3, -0.25) is 4.79 Å². The highest BCUT2D eigenvalue weighted by Crippen LogP contribution is 2.26. The standard InChI is InChI=1S/C16H16F2N2O3S2/c17-16(18)24-13-8-6-12(7-9-13)20-15(21)10-11-19-25(22,23)14-4-2-1-3-5-14/h1-9,16,19H,10-11H2,(H,20,21). The molecule has 0 saturated heterocycles. The number of thioether (sulfide) groups is 1. The molecule has 0 saturated carbocycles. The molecule has 1 amide bonds. The number of nitrogens with one attached hydrogen (secondary N) is 2. The molecular weight excluding hydrogens is 370 g/mol. The Balaban J connectivity index is 1.81. The maximum Gasteiger partial charge on any atom is 0.288 e. The Hall–Kier alpha value is -1.97. The van der Waals surface area contributed by atoms with E-state index in [1.807, 2.05) is 0 Å². The number of benzene rings is 2. The highest BCUT2D eigenvalue weighted by atomic mass is 32.2. The van der Waals surface area contributed by atoms with Crippen molar-refractivity contribution in [1.29, 1.82) is 0 Å². The van der Waals surface area contributed by atoms with E-state index in [-0.39, 0.29) is 23.8 Å². The van der Waals surface area contributed by atoms with Gasteiger partial charge in [0.1, 0.15) is 0 Å². The first-order chi connectivity index (χ1) is 11.9. The zero-order valence-corrected chi connectivity index (χ0v) is 14.6. The molecule has 0 radical (unpaired) electrons. The summed E-state index contributed by atoms with van der Waals surface area (Å²) < 4.78 is 50.8. The Labute approximate surface area is 148 Å². The lowest BCUT2D eigenvalue weighted by Crippen LogP contribution is -2.27. The number of alkyl halides is 2. The van der Waals surface area contributed by atoms with Crippen molar-refractivity contribution in [3.05, 3.63) is 54.6 Å². The van der Waals surface area contributed by atoms with Crippen molar-refractivity contribution >= 4 is 33.4 Å². The lowest BCUT2D eigenvalue weighted by Gasteiger charge is -2.08. The normalized spacial score (nSPS) is 11.5. The molecule has 0 unspecified atom stereocenters. The van der Waals surface area contributed by atoms with Crippen LogP contribution in [0.2, 0.25) is 0 Å². The summed E-state index contributed by atoms with van der Waals surface area (Å²) in [6, 6.07) is 13.8. The summed E-state index contributed by atoms with van der Waals surface area (Å²) in [5.41, 5.74) is 0.453. The highest BCUT2D eigenvalue weighted by Gasteiger charge is 2.13. The number of carbonyl (C=O) groups excluding carboxylic acids is 1. The molecule has 0 aliphatic carbocycles. The Kier molecular flexibility index (Phi) is 6.91. The number of amides is 1. The van der Waals surface area contributed by atoms with Crippen LogP contribution in [0.3, 0.4) is 0 Å². The van der Waals surface area contributed by atoms with Crippen molar-refractivity contribution in [3.8, 4) is 0 Å². The van der Waals surface area contributed by atoms with Crippen LogP contribution in [0.4, 0.5) is 14.5 Å². The predicted molar refractivity (Wildman–Crippen MR) is 93.2 cm³/mol. The average molecular weight is 386 g/mol. The molecule has 2 aromatic rings. The number of hydrogen-bond donors (Lipinski definition) is 2. The van der Waals surface area contributed by atoms with E-state index in [1.54, 1.807) is 18.2 Å². The van der Waals surface area contributed by atoms with Gasteiger partial charge in [-0.2, -0.15) is 8.78 Å². The van der Waals surface area contributed by atoms with Crippen molar-refractivity contribution in [2.75, 3.05) is 11.9 Å². The Morgan fingerprint density at radius 3 is 2.28 bits per heavy atom. The van der Waals surface area contributed by atoms with E-state index in [4.69, 9.17) is 0 Å². The molecule has 9 heteroatoms. The van der Waals surface area contributed by atoms with Crippen molar-refractivity contribution in [2.24, 2.45) is 0 Å². The zero-order chi connectivity index (χ0) is 18.3. The van der Waals surface area contributed by atoms with Crippen molar-refractivity contribution in [1.82, 2.24) is 4.72 Å². The third-order valence-corrected chi connectivity index (χ3v) is 5.26. The summed E-state index contributed by atoms with van der Waals surface area (Å²) >= 11 is 0.418. The maximum atomic E-state index is 12.2. The Morgan fingerprint density at radius 2 is 1.68 bits per heavy atom. The smallest absolute Gasteiger partial charge is 0.288 e. The number of rotatable bonds is 8. The van der Waals surface area contributed by atoms with Crippen LogP contribution in [0.5, 0.6) is 0 Å². The lowest BCUT2D eigenvalue weighted by molar-refractivity contribution is -0.116. The fourth-order valence-corrected chi connectivity index (χ4v) is 3.48. The van der Waals surface area contributed by atoms with E-state index in [9.17, 15) is 22.0 Å². The van der Waals surface area contributed by atoms with Gasteiger partial charge in [0.05, 0.1) is 4.90 Å². The second-order valence-electron chi connectivity index (χ2n) is 4.91. The first kappa shape index (κ1) is 19.4. The first-order valence-corrected chi connectivity index (χ1v) is 9.62. The van der Waals surface area contributed by atoms with E-state index in [0.717, 1.165) is 0 Å². The predicted octanol–water partition coefficient (Wildman–Crippen LogP) is 3.31. The first-order valence-electron chi connectivity index (χ1n) is 7.26. The largest absolute Gasteiger partial charge is 0.326 e. The second kappa shape index (κ2) is 8.93. The summed E-state index contributed by atoms with van der Waals surface area (Å²) in [5, 5.41) is 2.58. The maximum absolute atomic E-state index is 12.2. The molecule has 0 atom stereocenters. The van der Waals surface area contributed by atoms with Gasteiger partial charge in [-0.05, 0) is 36.4 Å². The lowest BCUT2D eigenvalue weighted by atomic mass is 10.3. The van der Waals surface area contributed by atoms with Gasteiger partial charge in [0.2, 0.25) is 15.9 Å². The van der Waals surface area contributed by atoms with E-state index < -0.39 is 15.8 Å². The van der Waals surface area contributed by atoms with Crippen LogP contribution in [-0.4, -0.2) is 26.6 Å². The SMILES string of the molecule is O=C(CCNS(=O)(=O)c1ccccc1)Nc1ccc(SC(F)F)cc1. The van der Waals surface area contributed by atoms with Gasteiger partial charge in [0, 0.05) is 23.5 Å². The summed E-state index contributed by atoms with van der Waals surface area (Å²) in [5.74, 6) is -2.89. The molecule has 0 heterocycles. The number of carbonyl (C=O) groups is 1. The average Bonchev–Trinajstić information content (AvgIpc) is 2.57. The minimum Gasteiger partial charge on any atom is -0.326 e. The van der Waals surface area contributed by atoms with Gasteiger partial charge in [-0.15, -0.1) is 0 Å². The molecule has 0 bridgehead atoms. The van der Waals surface area contributed by atoms with Gasteiger partial charge in [-0.25, -0.2) is 13.1 Å². The molecule has 5 nitrogen and oxygen atoms in total. The number of sulfonamides is 1. The third kappa shape index (κ3) is 6.45. The Morgan fingerprint density at radius 1 is 1.04 bits per heavy atom. The Bertz CT molecular complexity index is 798. The van der Waals surface area contributed by atoms with Crippen LogP contribution >= 0.6 is 11.8 Å². The monoisotopic (exact) mass is 386 g/mol. The molecule has 2 aromatic carbocycles. The minimum atomic E-state index is -3.65. The van der Waals surface area contributed by atoms with E-state index in [0.29, 0.717) is 22.3 Å². The van der Waals surface area contributed by atoms with Gasteiger partial charge in [0.15, 0.2) is 0 Å². The fourth-order valence-electron chi connectivity index (χ4n) is 1.93. The number of anilines is 1. The van der Waals surface area contributed by atoms with Crippen LogP contribution in [0.25, 0.3) is 0 Å². The van der Waals surface area contributed by atoms with Crippen molar-refractivity contribution < 1.29 is 22.0 Å². The molecule has 0 spiro atoms. The summed E-state index contributed by atoms with van der Waals surface area (Å²) in [4.78, 5) is 12.3. The number of halogens is 2. The van der Waals surface area contributed by atoms with Gasteiger partial charge < -0.3 is 5.32 Å². The molecule has 2 rings (SSSR count). The molecular formula is C16H16F2N2O3S2. The third-order valence-electron chi connectivity index (χ3n) is 3.06. The second-order valence-corrected chi connectivity index (χ2v) is 7.74. The molecule has 0 aliphatic heterocycles. The summed E-state index contributed by atoms with van der Waals surface area (Å²) in [7, 11) is -3.65. The topological polar surface area (TPSA) is 75.3 Å². The molecule has 0 fully saturated rings. The minimum absolute atomic E-state index is 0.0532. The highest BCUT2D eigenvalue weighted by molar-refractivity contribution is 7.99. The van der Waals surface area contributed by atoms with E-state index in [1.165, 1.54) is 36.4 Å². The summed E-state index contributed by atoms with van der Waals surface area (Å²) in [6.45, 7) is -0.0532. The van der Waals surface area contributed by atoms with E-state index >= 15 is 0 Å². The van der Waals surface area contributed by atoms with Crippen LogP contribution < -0.4 is 10.0 Å². The van der Waals surface area contributed by atoms with E-state index in [2.05, 4.69) is 10.0 Å². The van der Waals surface area contributed by atoms with Crippen molar-refractivity contribution in [3.63, 3.8) is 0 Å². The zero-order valence-electron chi connectivity index (χ0n) is 13.0. The van der Waals surface area contributed by atoms with Crippen molar-refractivity contribution in [2.45, 2.75) is 22.0 Å². The molecule has 134 valence electrons. The van der Waals surface area contributed by atoms with Gasteiger partial charge in [-0.1, -0.05) is 30.0 Å². The van der Waals surface area contributed by atoms with Crippen LogP contribution in [0.15, 0.2) is 64.4 Å². The number of hydrogen-bond acceptors (Lipinski definition) is 4. The molecule has 0 aromatic heterocycles. The van der Waals surface area contributed by atoms with Crippen LogP contribution in [0, 0.1) is 0 Å². The van der Waals surface area contributed by atoms with Crippen LogP contribution in [0.1, 0.15) is 6.42 Å².